The molecular formula is C18H18N2O2. The average molecular weight is 294 g/mol. The number of para-hydroxylation sites is 1. The van der Waals surface area contributed by atoms with Gasteiger partial charge in [0.25, 0.3) is 0 Å². The van der Waals surface area contributed by atoms with Crippen molar-refractivity contribution in [3.05, 3.63) is 66.4 Å². The Morgan fingerprint density at radius 1 is 1.05 bits per heavy atom. The van der Waals surface area contributed by atoms with Crippen molar-refractivity contribution in [2.45, 2.75) is 19.4 Å². The molecule has 0 spiro atoms. The largest absolute Gasteiger partial charge is 0.464 e. The van der Waals surface area contributed by atoms with E-state index in [4.69, 9.17) is 4.42 Å². The number of anilines is 1. The van der Waals surface area contributed by atoms with Gasteiger partial charge < -0.3 is 15.1 Å². The number of carbonyl (C=O) groups excluding carboxylic acids is 1. The Labute approximate surface area is 129 Å². The van der Waals surface area contributed by atoms with Crippen LogP contribution in [0.4, 0.5) is 10.5 Å². The molecule has 0 aliphatic carbocycles. The Balaban J connectivity index is 1.75. The SMILES string of the molecule is CC(C)(NC(=O)Nc1ccccc1)c1ccc2occc2c1. The first-order chi connectivity index (χ1) is 10.5. The molecule has 0 saturated carbocycles. The van der Waals surface area contributed by atoms with Gasteiger partial charge in [0.05, 0.1) is 11.8 Å². The molecule has 2 aromatic carbocycles. The van der Waals surface area contributed by atoms with Crippen molar-refractivity contribution in [1.29, 1.82) is 0 Å². The summed E-state index contributed by atoms with van der Waals surface area (Å²) in [7, 11) is 0. The Kier molecular flexibility index (Phi) is 3.59. The summed E-state index contributed by atoms with van der Waals surface area (Å²) in [6.45, 7) is 3.94. The molecule has 4 heteroatoms. The van der Waals surface area contributed by atoms with Crippen LogP contribution in [0.25, 0.3) is 11.0 Å². The maximum Gasteiger partial charge on any atom is 0.319 e. The summed E-state index contributed by atoms with van der Waals surface area (Å²) >= 11 is 0. The fraction of sp³-hybridized carbons (Fsp3) is 0.167. The molecule has 1 aromatic heterocycles. The predicted octanol–water partition coefficient (Wildman–Crippen LogP) is 4.49. The topological polar surface area (TPSA) is 54.3 Å². The molecule has 112 valence electrons. The van der Waals surface area contributed by atoms with Crippen molar-refractivity contribution in [3.8, 4) is 0 Å². The summed E-state index contributed by atoms with van der Waals surface area (Å²) in [5, 5.41) is 6.85. The van der Waals surface area contributed by atoms with E-state index in [1.54, 1.807) is 6.26 Å². The highest BCUT2D eigenvalue weighted by Gasteiger charge is 2.23. The van der Waals surface area contributed by atoms with Crippen LogP contribution in [0.3, 0.4) is 0 Å². The van der Waals surface area contributed by atoms with Crippen molar-refractivity contribution in [3.63, 3.8) is 0 Å². The molecule has 22 heavy (non-hydrogen) atoms. The zero-order valence-electron chi connectivity index (χ0n) is 12.6. The minimum Gasteiger partial charge on any atom is -0.464 e. The number of carbonyl (C=O) groups is 1. The van der Waals surface area contributed by atoms with E-state index in [1.807, 2.05) is 68.4 Å². The minimum atomic E-state index is -0.496. The van der Waals surface area contributed by atoms with Gasteiger partial charge in [-0.15, -0.1) is 0 Å². The maximum atomic E-state index is 12.2. The maximum absolute atomic E-state index is 12.2. The predicted molar refractivity (Wildman–Crippen MR) is 87.8 cm³/mol. The smallest absolute Gasteiger partial charge is 0.319 e. The zero-order valence-corrected chi connectivity index (χ0v) is 12.6. The molecule has 0 radical (unpaired) electrons. The van der Waals surface area contributed by atoms with Gasteiger partial charge in [-0.3, -0.25) is 0 Å². The van der Waals surface area contributed by atoms with Crippen LogP contribution in [0.5, 0.6) is 0 Å². The lowest BCUT2D eigenvalue weighted by Crippen LogP contribution is -2.43. The molecule has 2 N–H and O–H groups in total. The number of rotatable bonds is 3. The molecule has 0 aliphatic heterocycles. The number of benzene rings is 2. The molecule has 0 bridgehead atoms. The summed E-state index contributed by atoms with van der Waals surface area (Å²) in [6.07, 6.45) is 1.66. The lowest BCUT2D eigenvalue weighted by molar-refractivity contribution is 0.242. The first kappa shape index (κ1) is 14.2. The third kappa shape index (κ3) is 2.96. The Bertz CT molecular complexity index is 791. The first-order valence-corrected chi connectivity index (χ1v) is 7.16. The van der Waals surface area contributed by atoms with Crippen LogP contribution in [0.15, 0.2) is 65.3 Å². The van der Waals surface area contributed by atoms with E-state index < -0.39 is 5.54 Å². The number of furan rings is 1. The van der Waals surface area contributed by atoms with Gasteiger partial charge in [-0.1, -0.05) is 24.3 Å². The second-order valence-corrected chi connectivity index (χ2v) is 5.74. The van der Waals surface area contributed by atoms with Crippen LogP contribution < -0.4 is 10.6 Å². The van der Waals surface area contributed by atoms with Crippen molar-refractivity contribution in [1.82, 2.24) is 5.32 Å². The molecule has 0 aliphatic rings. The Hall–Kier alpha value is -2.75. The van der Waals surface area contributed by atoms with E-state index in [9.17, 15) is 4.79 Å². The quantitative estimate of drug-likeness (QED) is 0.747. The van der Waals surface area contributed by atoms with Crippen LogP contribution in [-0.4, -0.2) is 6.03 Å². The molecule has 3 rings (SSSR count). The van der Waals surface area contributed by atoms with Gasteiger partial charge in [-0.05, 0) is 49.7 Å². The van der Waals surface area contributed by atoms with Crippen LogP contribution in [0.2, 0.25) is 0 Å². The third-order valence-electron chi connectivity index (χ3n) is 3.63. The molecule has 0 atom stereocenters. The highest BCUT2D eigenvalue weighted by atomic mass is 16.3. The van der Waals surface area contributed by atoms with Gasteiger partial charge in [-0.2, -0.15) is 0 Å². The van der Waals surface area contributed by atoms with Crippen molar-refractivity contribution in [2.75, 3.05) is 5.32 Å². The van der Waals surface area contributed by atoms with E-state index in [1.165, 1.54) is 0 Å². The average Bonchev–Trinajstić information content (AvgIpc) is 2.95. The van der Waals surface area contributed by atoms with E-state index >= 15 is 0 Å². The van der Waals surface area contributed by atoms with Crippen molar-refractivity contribution in [2.24, 2.45) is 0 Å². The van der Waals surface area contributed by atoms with E-state index in [0.717, 1.165) is 22.2 Å². The number of hydrogen-bond acceptors (Lipinski definition) is 2. The molecular weight excluding hydrogens is 276 g/mol. The van der Waals surface area contributed by atoms with Crippen molar-refractivity contribution >= 4 is 22.7 Å². The van der Waals surface area contributed by atoms with Gasteiger partial charge in [0, 0.05) is 11.1 Å². The van der Waals surface area contributed by atoms with E-state index in [2.05, 4.69) is 10.6 Å². The van der Waals surface area contributed by atoms with Gasteiger partial charge in [0.1, 0.15) is 5.58 Å². The summed E-state index contributed by atoms with van der Waals surface area (Å²) in [6, 6.07) is 17.0. The number of hydrogen-bond donors (Lipinski definition) is 2. The minimum absolute atomic E-state index is 0.233. The van der Waals surface area contributed by atoms with Gasteiger partial charge in [-0.25, -0.2) is 4.79 Å². The van der Waals surface area contributed by atoms with Gasteiger partial charge in [0.15, 0.2) is 0 Å². The zero-order chi connectivity index (χ0) is 15.6. The molecule has 2 amide bonds. The number of nitrogens with one attached hydrogen (secondary N) is 2. The summed E-state index contributed by atoms with van der Waals surface area (Å²) in [5.74, 6) is 0. The second-order valence-electron chi connectivity index (χ2n) is 5.74. The highest BCUT2D eigenvalue weighted by Crippen LogP contribution is 2.25. The van der Waals surface area contributed by atoms with Gasteiger partial charge >= 0.3 is 6.03 Å². The Morgan fingerprint density at radius 2 is 1.82 bits per heavy atom. The fourth-order valence-electron chi connectivity index (χ4n) is 2.40. The second kappa shape index (κ2) is 5.56. The lowest BCUT2D eigenvalue weighted by atomic mass is 9.93. The normalized spacial score (nSPS) is 11.4. The number of fused-ring (bicyclic) bond motifs is 1. The molecule has 0 unspecified atom stereocenters. The molecule has 3 aromatic rings. The summed E-state index contributed by atoms with van der Waals surface area (Å²) in [5.41, 5.74) is 2.13. The van der Waals surface area contributed by atoms with Crippen LogP contribution in [0, 0.1) is 0 Å². The first-order valence-electron chi connectivity index (χ1n) is 7.16. The summed E-state index contributed by atoms with van der Waals surface area (Å²) in [4.78, 5) is 12.2. The van der Waals surface area contributed by atoms with Crippen LogP contribution in [-0.2, 0) is 5.54 Å². The molecule has 1 heterocycles. The number of urea groups is 1. The lowest BCUT2D eigenvalue weighted by Gasteiger charge is -2.27. The highest BCUT2D eigenvalue weighted by molar-refractivity contribution is 5.90. The monoisotopic (exact) mass is 294 g/mol. The van der Waals surface area contributed by atoms with Crippen LogP contribution in [0.1, 0.15) is 19.4 Å². The third-order valence-corrected chi connectivity index (χ3v) is 3.63. The number of amides is 2. The molecule has 0 saturated heterocycles. The van der Waals surface area contributed by atoms with Crippen molar-refractivity contribution < 1.29 is 9.21 Å². The van der Waals surface area contributed by atoms with E-state index in [-0.39, 0.29) is 6.03 Å². The van der Waals surface area contributed by atoms with Crippen LogP contribution >= 0.6 is 0 Å². The van der Waals surface area contributed by atoms with E-state index in [0.29, 0.717) is 0 Å². The van der Waals surface area contributed by atoms with Gasteiger partial charge in [0.2, 0.25) is 0 Å². The molecule has 0 fully saturated rings. The standard InChI is InChI=1S/C18H18N2O2/c1-18(2,14-8-9-16-13(12-14)10-11-22-16)20-17(21)19-15-6-4-3-5-7-15/h3-12H,1-2H3,(H2,19,20,21). The Morgan fingerprint density at radius 3 is 2.59 bits per heavy atom. The summed E-state index contributed by atoms with van der Waals surface area (Å²) < 4.78 is 5.35. The molecule has 4 nitrogen and oxygen atoms in total. The fourth-order valence-corrected chi connectivity index (χ4v) is 2.40.